The van der Waals surface area contributed by atoms with Crippen LogP contribution in [0.15, 0.2) is 94.7 Å². The van der Waals surface area contributed by atoms with Gasteiger partial charge in [0.25, 0.3) is 0 Å². The molecule has 1 atom stereocenters. The second-order valence-electron chi connectivity index (χ2n) is 8.20. The molecule has 0 fully saturated rings. The van der Waals surface area contributed by atoms with Gasteiger partial charge >= 0.3 is 59.1 Å². The van der Waals surface area contributed by atoms with Gasteiger partial charge in [-0.2, -0.15) is 0 Å². The van der Waals surface area contributed by atoms with Crippen molar-refractivity contribution in [2.45, 2.75) is 23.6 Å². The molecular formula is C28H22N2Na2O5S. The summed E-state index contributed by atoms with van der Waals surface area (Å²) >= 11 is 0. The van der Waals surface area contributed by atoms with E-state index in [0.29, 0.717) is 16.3 Å². The molecule has 7 nitrogen and oxygen atoms in total. The Morgan fingerprint density at radius 3 is 1.76 bits per heavy atom. The summed E-state index contributed by atoms with van der Waals surface area (Å²) in [5.41, 5.74) is 1.86. The molecule has 0 aromatic heterocycles. The second kappa shape index (κ2) is 14.1. The van der Waals surface area contributed by atoms with Crippen LogP contribution in [0.4, 0.5) is 22.7 Å². The molecule has 4 aromatic rings. The molecule has 0 radical (unpaired) electrons. The molecule has 182 valence electrons. The smallest absolute Gasteiger partial charge is 0.545 e. The fourth-order valence-electron chi connectivity index (χ4n) is 3.85. The molecule has 1 unspecified atom stereocenters. The first-order valence-electron chi connectivity index (χ1n) is 11.0. The molecule has 0 spiro atoms. The van der Waals surface area contributed by atoms with E-state index in [1.165, 1.54) is 0 Å². The van der Waals surface area contributed by atoms with Gasteiger partial charge in [0, 0.05) is 27.4 Å². The van der Waals surface area contributed by atoms with Gasteiger partial charge in [-0.1, -0.05) is 42.5 Å². The van der Waals surface area contributed by atoms with Crippen molar-refractivity contribution >= 4 is 45.5 Å². The van der Waals surface area contributed by atoms with E-state index in [-0.39, 0.29) is 80.9 Å². The first-order chi connectivity index (χ1) is 17.2. The van der Waals surface area contributed by atoms with Crippen LogP contribution < -0.4 is 80.0 Å². The third kappa shape index (κ3) is 7.36. The van der Waals surface area contributed by atoms with Gasteiger partial charge in [0.15, 0.2) is 0 Å². The molecule has 0 saturated heterocycles. The van der Waals surface area contributed by atoms with Crippen LogP contribution in [0.3, 0.4) is 0 Å². The number of hydrogen-bond donors (Lipinski definition) is 2. The van der Waals surface area contributed by atoms with E-state index in [2.05, 4.69) is 10.6 Å². The Morgan fingerprint density at radius 1 is 0.711 bits per heavy atom. The average molecular weight is 545 g/mol. The van der Waals surface area contributed by atoms with Crippen LogP contribution in [0.2, 0.25) is 0 Å². The zero-order chi connectivity index (χ0) is 25.8. The van der Waals surface area contributed by atoms with Gasteiger partial charge < -0.3 is 30.4 Å². The standard InChI is InChI=1S/C28H24N2O5S.2Na/c1-17-8-6-10-19(14-17)29-23-16-22(27(31)32)26(36(35)21-12-4-3-5-13-21)25(24(23)28(33)34)30-20-11-7-9-18(2)15-20;;/h3-16,29-30H,1-2H3,(H,31,32)(H,33,34);;/q;2*+1/p-2. The monoisotopic (exact) mass is 544 g/mol. The Balaban J connectivity index is 0.00000253. The maximum Gasteiger partial charge on any atom is 1.00 e. The number of nitrogens with one attached hydrogen (secondary N) is 2. The van der Waals surface area contributed by atoms with Crippen molar-refractivity contribution in [2.75, 3.05) is 10.6 Å². The van der Waals surface area contributed by atoms with Gasteiger partial charge in [0.1, 0.15) is 0 Å². The van der Waals surface area contributed by atoms with Crippen molar-refractivity contribution < 1.29 is 83.1 Å². The molecular weight excluding hydrogens is 522 g/mol. The van der Waals surface area contributed by atoms with Gasteiger partial charge in [-0.3, -0.25) is 0 Å². The largest absolute Gasteiger partial charge is 1.00 e. The van der Waals surface area contributed by atoms with E-state index < -0.39 is 28.3 Å². The van der Waals surface area contributed by atoms with Crippen molar-refractivity contribution in [1.82, 2.24) is 0 Å². The molecule has 0 saturated carbocycles. The summed E-state index contributed by atoms with van der Waals surface area (Å²) in [5, 5.41) is 30.8. The minimum absolute atomic E-state index is 0. The Labute approximate surface area is 267 Å². The molecule has 0 bridgehead atoms. The van der Waals surface area contributed by atoms with Gasteiger partial charge in [0.05, 0.1) is 39.0 Å². The summed E-state index contributed by atoms with van der Waals surface area (Å²) < 4.78 is 13.7. The maximum absolute atomic E-state index is 13.7. The molecule has 0 aliphatic carbocycles. The second-order valence-corrected chi connectivity index (χ2v) is 9.61. The number of hydrogen-bond acceptors (Lipinski definition) is 7. The summed E-state index contributed by atoms with van der Waals surface area (Å²) in [4.78, 5) is 24.9. The van der Waals surface area contributed by atoms with Crippen molar-refractivity contribution in [3.05, 3.63) is 107 Å². The number of carbonyl (C=O) groups is 2. The van der Waals surface area contributed by atoms with Crippen molar-refractivity contribution in [2.24, 2.45) is 0 Å². The Kier molecular flexibility index (Phi) is 11.8. The summed E-state index contributed by atoms with van der Waals surface area (Å²) in [6.45, 7) is 3.73. The molecule has 0 heterocycles. The zero-order valence-electron chi connectivity index (χ0n) is 21.5. The van der Waals surface area contributed by atoms with Gasteiger partial charge in [-0.25, -0.2) is 4.21 Å². The van der Waals surface area contributed by atoms with Crippen LogP contribution in [-0.2, 0) is 10.8 Å². The van der Waals surface area contributed by atoms with Crippen LogP contribution in [0.25, 0.3) is 0 Å². The van der Waals surface area contributed by atoms with Crippen LogP contribution in [-0.4, -0.2) is 16.1 Å². The molecule has 38 heavy (non-hydrogen) atoms. The number of benzene rings is 4. The average Bonchev–Trinajstić information content (AvgIpc) is 2.83. The fraction of sp³-hybridized carbons (Fsp3) is 0.0714. The predicted molar refractivity (Wildman–Crippen MR) is 135 cm³/mol. The molecule has 2 N–H and O–H groups in total. The van der Waals surface area contributed by atoms with Gasteiger partial charge in [-0.15, -0.1) is 0 Å². The zero-order valence-corrected chi connectivity index (χ0v) is 26.3. The maximum atomic E-state index is 13.7. The summed E-state index contributed by atoms with van der Waals surface area (Å²) in [5.74, 6) is -3.17. The molecule has 0 aliphatic heterocycles. The number of carbonyl (C=O) groups excluding carboxylic acids is 2. The van der Waals surface area contributed by atoms with E-state index in [1.807, 2.05) is 26.0 Å². The van der Waals surface area contributed by atoms with E-state index in [1.54, 1.807) is 66.7 Å². The molecule has 0 aliphatic rings. The number of carboxylic acid groups (broad SMARTS) is 2. The summed E-state index contributed by atoms with van der Waals surface area (Å²) in [6, 6.07) is 23.5. The van der Waals surface area contributed by atoms with E-state index >= 15 is 0 Å². The Bertz CT molecular complexity index is 1500. The van der Waals surface area contributed by atoms with Crippen LogP contribution >= 0.6 is 0 Å². The predicted octanol–water partition coefficient (Wildman–Crippen LogP) is -2.31. The molecule has 4 aromatic carbocycles. The summed E-state index contributed by atoms with van der Waals surface area (Å²) in [6.07, 6.45) is 0. The van der Waals surface area contributed by atoms with Crippen LogP contribution in [0.1, 0.15) is 31.8 Å². The third-order valence-electron chi connectivity index (χ3n) is 5.43. The molecule has 0 amide bonds. The fourth-order valence-corrected chi connectivity index (χ4v) is 5.17. The number of rotatable bonds is 8. The SMILES string of the molecule is Cc1cccc(Nc2cc(C(=O)[O-])c(S(=O)c3ccccc3)c(Nc3cccc(C)c3)c2C(=O)[O-])c1.[Na+].[Na+]. The van der Waals surface area contributed by atoms with Crippen molar-refractivity contribution in [3.63, 3.8) is 0 Å². The van der Waals surface area contributed by atoms with Gasteiger partial charge in [0.2, 0.25) is 0 Å². The van der Waals surface area contributed by atoms with E-state index in [4.69, 9.17) is 0 Å². The topological polar surface area (TPSA) is 121 Å². The summed E-state index contributed by atoms with van der Waals surface area (Å²) in [7, 11) is -2.06. The van der Waals surface area contributed by atoms with Crippen LogP contribution in [0, 0.1) is 13.8 Å². The van der Waals surface area contributed by atoms with Crippen molar-refractivity contribution in [1.29, 1.82) is 0 Å². The third-order valence-corrected chi connectivity index (χ3v) is 6.93. The van der Waals surface area contributed by atoms with Crippen LogP contribution in [0.5, 0.6) is 0 Å². The minimum atomic E-state index is -2.06. The first kappa shape index (κ1) is 31.8. The molecule has 10 heteroatoms. The van der Waals surface area contributed by atoms with Crippen molar-refractivity contribution in [3.8, 4) is 0 Å². The van der Waals surface area contributed by atoms with E-state index in [9.17, 15) is 24.0 Å². The number of aryl methyl sites for hydroxylation is 2. The Morgan fingerprint density at radius 2 is 1.26 bits per heavy atom. The molecule has 4 rings (SSSR count). The minimum Gasteiger partial charge on any atom is -0.545 e. The quantitative estimate of drug-likeness (QED) is 0.239. The van der Waals surface area contributed by atoms with E-state index in [0.717, 1.165) is 17.2 Å². The Hall–Kier alpha value is -2.43. The number of anilines is 4. The number of aromatic carboxylic acids is 2. The number of carboxylic acids is 2. The first-order valence-corrected chi connectivity index (χ1v) is 12.2. The van der Waals surface area contributed by atoms with Gasteiger partial charge in [-0.05, 0) is 67.4 Å². The normalized spacial score (nSPS) is 10.9.